The number of urea groups is 2. The number of hydrogen-bond acceptors (Lipinski definition) is 4. The molecule has 0 radical (unpaired) electrons. The minimum Gasteiger partial charge on any atom is -0.338 e. The smallest absolute Gasteiger partial charge is 0.327 e. The molecule has 3 heterocycles. The molecule has 0 saturated carbocycles. The van der Waals surface area contributed by atoms with Gasteiger partial charge in [-0.15, -0.1) is 0 Å². The number of aryl methyl sites for hydroxylation is 2. The predicted molar refractivity (Wildman–Crippen MR) is 99.2 cm³/mol. The third-order valence-electron chi connectivity index (χ3n) is 5.96. The van der Waals surface area contributed by atoms with Gasteiger partial charge in [-0.25, -0.2) is 9.59 Å². The van der Waals surface area contributed by atoms with E-state index >= 15 is 0 Å². The Labute approximate surface area is 159 Å². The standard InChI is InChI=1S/C18H28N6O3/c1-12-14(13(2)21-20-12)6-5-9-19-16(26)24-10-7-18(8-11-24)15(25)22(3)17(27)23(18)4/h5-11H2,1-4H3,(H,19,26)(H,20,21). The first-order valence-corrected chi connectivity index (χ1v) is 9.37. The van der Waals surface area contributed by atoms with E-state index in [2.05, 4.69) is 15.5 Å². The maximum Gasteiger partial charge on any atom is 0.327 e. The molecule has 2 N–H and O–H groups in total. The Morgan fingerprint density at radius 3 is 2.41 bits per heavy atom. The number of rotatable bonds is 4. The molecule has 5 amide bonds. The molecule has 0 bridgehead atoms. The molecule has 1 spiro atoms. The van der Waals surface area contributed by atoms with Crippen molar-refractivity contribution in [1.29, 1.82) is 0 Å². The molecule has 2 aliphatic rings. The minimum atomic E-state index is -0.793. The SMILES string of the molecule is Cc1n[nH]c(C)c1CCCNC(=O)N1CCC2(CC1)C(=O)N(C)C(=O)N2C. The summed E-state index contributed by atoms with van der Waals surface area (Å²) >= 11 is 0. The van der Waals surface area contributed by atoms with Gasteiger partial charge >= 0.3 is 12.1 Å². The Kier molecular flexibility index (Phi) is 5.12. The van der Waals surface area contributed by atoms with Gasteiger partial charge in [-0.05, 0) is 45.1 Å². The van der Waals surface area contributed by atoms with E-state index in [4.69, 9.17) is 0 Å². The Bertz CT molecular complexity index is 731. The molecule has 0 aliphatic carbocycles. The van der Waals surface area contributed by atoms with Crippen molar-refractivity contribution in [2.75, 3.05) is 33.7 Å². The van der Waals surface area contributed by atoms with Crippen molar-refractivity contribution in [1.82, 2.24) is 30.2 Å². The molecule has 1 aromatic rings. The molecule has 148 valence electrons. The van der Waals surface area contributed by atoms with E-state index in [-0.39, 0.29) is 18.0 Å². The van der Waals surface area contributed by atoms with E-state index in [0.717, 1.165) is 24.2 Å². The highest BCUT2D eigenvalue weighted by Gasteiger charge is 2.55. The summed E-state index contributed by atoms with van der Waals surface area (Å²) in [4.78, 5) is 41.4. The van der Waals surface area contributed by atoms with Gasteiger partial charge in [0.2, 0.25) is 0 Å². The molecular formula is C18H28N6O3. The summed E-state index contributed by atoms with van der Waals surface area (Å²) in [5.74, 6) is -0.166. The first-order valence-electron chi connectivity index (χ1n) is 9.37. The van der Waals surface area contributed by atoms with Crippen LogP contribution in [0.1, 0.15) is 36.2 Å². The van der Waals surface area contributed by atoms with Crippen LogP contribution in [0, 0.1) is 13.8 Å². The molecule has 9 nitrogen and oxygen atoms in total. The zero-order chi connectivity index (χ0) is 19.8. The molecule has 2 saturated heterocycles. The van der Waals surface area contributed by atoms with E-state index < -0.39 is 5.54 Å². The van der Waals surface area contributed by atoms with Crippen LogP contribution < -0.4 is 5.32 Å². The number of likely N-dealkylation sites (N-methyl/N-ethyl adjacent to an activating group) is 2. The molecule has 2 aliphatic heterocycles. The Hall–Kier alpha value is -2.58. The van der Waals surface area contributed by atoms with Crippen molar-refractivity contribution in [3.63, 3.8) is 0 Å². The number of carbonyl (C=O) groups excluding carboxylic acids is 3. The lowest BCUT2D eigenvalue weighted by Gasteiger charge is -2.40. The highest BCUT2D eigenvalue weighted by molar-refractivity contribution is 6.06. The largest absolute Gasteiger partial charge is 0.338 e. The van der Waals surface area contributed by atoms with Crippen molar-refractivity contribution >= 4 is 18.0 Å². The average Bonchev–Trinajstić information content (AvgIpc) is 3.06. The van der Waals surface area contributed by atoms with Gasteiger partial charge in [0.05, 0.1) is 5.69 Å². The maximum atomic E-state index is 12.5. The fraction of sp³-hybridized carbons (Fsp3) is 0.667. The predicted octanol–water partition coefficient (Wildman–Crippen LogP) is 1.03. The van der Waals surface area contributed by atoms with Crippen LogP contribution in [0.25, 0.3) is 0 Å². The molecule has 0 unspecified atom stereocenters. The number of likely N-dealkylation sites (tertiary alicyclic amines) is 1. The summed E-state index contributed by atoms with van der Waals surface area (Å²) in [5, 5.41) is 10.1. The lowest BCUT2D eigenvalue weighted by atomic mass is 9.86. The first kappa shape index (κ1) is 19.2. The highest BCUT2D eigenvalue weighted by Crippen LogP contribution is 2.35. The first-order chi connectivity index (χ1) is 12.8. The lowest BCUT2D eigenvalue weighted by molar-refractivity contribution is -0.134. The molecule has 1 aromatic heterocycles. The Balaban J connectivity index is 1.46. The van der Waals surface area contributed by atoms with Gasteiger partial charge in [0.15, 0.2) is 0 Å². The van der Waals surface area contributed by atoms with Crippen molar-refractivity contribution in [3.05, 3.63) is 17.0 Å². The van der Waals surface area contributed by atoms with Crippen molar-refractivity contribution in [3.8, 4) is 0 Å². The van der Waals surface area contributed by atoms with Gasteiger partial charge < -0.3 is 15.1 Å². The summed E-state index contributed by atoms with van der Waals surface area (Å²) in [6.07, 6.45) is 2.65. The van der Waals surface area contributed by atoms with Gasteiger partial charge in [0.25, 0.3) is 5.91 Å². The summed E-state index contributed by atoms with van der Waals surface area (Å²) < 4.78 is 0. The summed E-state index contributed by atoms with van der Waals surface area (Å²) in [5.41, 5.74) is 2.50. The zero-order valence-corrected chi connectivity index (χ0v) is 16.5. The van der Waals surface area contributed by atoms with Crippen LogP contribution in [0.15, 0.2) is 0 Å². The number of piperidine rings is 1. The number of hydrogen-bond donors (Lipinski definition) is 2. The highest BCUT2D eigenvalue weighted by atomic mass is 16.2. The van der Waals surface area contributed by atoms with Crippen LogP contribution in [-0.4, -0.2) is 82.1 Å². The second-order valence-corrected chi connectivity index (χ2v) is 7.47. The van der Waals surface area contributed by atoms with E-state index in [0.29, 0.717) is 32.5 Å². The zero-order valence-electron chi connectivity index (χ0n) is 16.5. The van der Waals surface area contributed by atoms with E-state index in [1.54, 1.807) is 11.9 Å². The number of aromatic amines is 1. The second kappa shape index (κ2) is 7.21. The Morgan fingerprint density at radius 2 is 1.89 bits per heavy atom. The van der Waals surface area contributed by atoms with E-state index in [1.165, 1.54) is 22.4 Å². The van der Waals surface area contributed by atoms with Crippen LogP contribution in [0.3, 0.4) is 0 Å². The summed E-state index contributed by atoms with van der Waals surface area (Å²) in [6, 6.07) is -0.388. The van der Waals surface area contributed by atoms with Gasteiger partial charge in [-0.1, -0.05) is 0 Å². The number of H-pyrrole nitrogens is 1. The molecule has 9 heteroatoms. The second-order valence-electron chi connectivity index (χ2n) is 7.47. The Morgan fingerprint density at radius 1 is 1.22 bits per heavy atom. The molecule has 0 atom stereocenters. The van der Waals surface area contributed by atoms with E-state index in [9.17, 15) is 14.4 Å². The monoisotopic (exact) mass is 376 g/mol. The number of aromatic nitrogens is 2. The van der Waals surface area contributed by atoms with Crippen molar-refractivity contribution in [2.45, 2.75) is 45.1 Å². The normalized spacial score (nSPS) is 19.3. The summed E-state index contributed by atoms with van der Waals surface area (Å²) in [7, 11) is 3.18. The van der Waals surface area contributed by atoms with Crippen LogP contribution in [0.5, 0.6) is 0 Å². The van der Waals surface area contributed by atoms with Crippen LogP contribution in [0.2, 0.25) is 0 Å². The maximum absolute atomic E-state index is 12.5. The van der Waals surface area contributed by atoms with Gasteiger partial charge in [-0.2, -0.15) is 5.10 Å². The van der Waals surface area contributed by atoms with Crippen molar-refractivity contribution in [2.24, 2.45) is 0 Å². The minimum absolute atomic E-state index is 0.113. The third-order valence-corrected chi connectivity index (χ3v) is 5.96. The van der Waals surface area contributed by atoms with Crippen LogP contribution in [-0.2, 0) is 11.2 Å². The number of imide groups is 1. The van der Waals surface area contributed by atoms with Gasteiger partial charge in [0, 0.05) is 39.4 Å². The number of nitrogens with one attached hydrogen (secondary N) is 2. The molecule has 3 rings (SSSR count). The molecule has 2 fully saturated rings. The molecular weight excluding hydrogens is 348 g/mol. The average molecular weight is 376 g/mol. The fourth-order valence-corrected chi connectivity index (χ4v) is 4.09. The quantitative estimate of drug-likeness (QED) is 0.605. The topological polar surface area (TPSA) is 102 Å². The van der Waals surface area contributed by atoms with Gasteiger partial charge in [-0.3, -0.25) is 14.8 Å². The number of nitrogens with zero attached hydrogens (tertiary/aromatic N) is 4. The fourth-order valence-electron chi connectivity index (χ4n) is 4.09. The van der Waals surface area contributed by atoms with Crippen LogP contribution in [0.4, 0.5) is 9.59 Å². The van der Waals surface area contributed by atoms with E-state index in [1.807, 2.05) is 13.8 Å². The molecule has 27 heavy (non-hydrogen) atoms. The third kappa shape index (κ3) is 3.26. The molecule has 0 aromatic carbocycles. The lowest BCUT2D eigenvalue weighted by Crippen LogP contribution is -2.57. The van der Waals surface area contributed by atoms with Crippen LogP contribution >= 0.6 is 0 Å². The van der Waals surface area contributed by atoms with Crippen molar-refractivity contribution < 1.29 is 14.4 Å². The van der Waals surface area contributed by atoms with Gasteiger partial charge in [0.1, 0.15) is 5.54 Å². The number of carbonyl (C=O) groups is 3. The number of amides is 5. The summed E-state index contributed by atoms with van der Waals surface area (Å²) in [6.45, 7) is 5.49.